The Morgan fingerprint density at radius 3 is 2.86 bits per heavy atom. The number of rotatable bonds is 3. The lowest BCUT2D eigenvalue weighted by Gasteiger charge is -2.31. The zero-order valence-electron chi connectivity index (χ0n) is 13.5. The molecule has 2 aliphatic heterocycles. The standard InChI is InChI=1S/C18H26N2O2/c1-15-4-3-7-20(13-15)18(21)17-6-2-5-16(12-17)14-19-8-10-22-11-9-19/h2,5-6,12,15H,3-4,7-11,13-14H2,1H3/t15-/m1/s1. The van der Waals surface area contributed by atoms with Gasteiger partial charge in [0, 0.05) is 38.3 Å². The van der Waals surface area contributed by atoms with Crippen molar-refractivity contribution in [3.05, 3.63) is 35.4 Å². The molecule has 3 rings (SSSR count). The van der Waals surface area contributed by atoms with E-state index >= 15 is 0 Å². The Hall–Kier alpha value is -1.39. The first-order valence-electron chi connectivity index (χ1n) is 8.40. The van der Waals surface area contributed by atoms with Gasteiger partial charge in [-0.3, -0.25) is 9.69 Å². The first-order chi connectivity index (χ1) is 10.7. The van der Waals surface area contributed by atoms with Gasteiger partial charge in [-0.25, -0.2) is 0 Å². The summed E-state index contributed by atoms with van der Waals surface area (Å²) in [5.74, 6) is 0.810. The second kappa shape index (κ2) is 7.25. The van der Waals surface area contributed by atoms with Crippen molar-refractivity contribution in [2.24, 2.45) is 5.92 Å². The fraction of sp³-hybridized carbons (Fsp3) is 0.611. The van der Waals surface area contributed by atoms with E-state index in [9.17, 15) is 4.79 Å². The van der Waals surface area contributed by atoms with Crippen molar-refractivity contribution in [1.82, 2.24) is 9.80 Å². The van der Waals surface area contributed by atoms with E-state index in [0.717, 1.165) is 57.9 Å². The van der Waals surface area contributed by atoms with Gasteiger partial charge < -0.3 is 9.64 Å². The summed E-state index contributed by atoms with van der Waals surface area (Å²) in [7, 11) is 0. The molecule has 2 fully saturated rings. The second-order valence-electron chi connectivity index (χ2n) is 6.59. The second-order valence-corrected chi connectivity index (χ2v) is 6.59. The lowest BCUT2D eigenvalue weighted by atomic mass is 9.99. The number of morpholine rings is 1. The highest BCUT2D eigenvalue weighted by Gasteiger charge is 2.22. The minimum absolute atomic E-state index is 0.190. The van der Waals surface area contributed by atoms with Crippen LogP contribution in [0.25, 0.3) is 0 Å². The molecule has 0 bridgehead atoms. The number of nitrogens with zero attached hydrogens (tertiary/aromatic N) is 2. The molecule has 22 heavy (non-hydrogen) atoms. The third-order valence-corrected chi connectivity index (χ3v) is 4.63. The van der Waals surface area contributed by atoms with Crippen LogP contribution in [0.1, 0.15) is 35.7 Å². The highest BCUT2D eigenvalue weighted by Crippen LogP contribution is 2.19. The molecule has 2 saturated heterocycles. The third-order valence-electron chi connectivity index (χ3n) is 4.63. The van der Waals surface area contributed by atoms with Gasteiger partial charge in [0.25, 0.3) is 5.91 Å². The summed E-state index contributed by atoms with van der Waals surface area (Å²) in [5, 5.41) is 0. The van der Waals surface area contributed by atoms with Crippen LogP contribution in [0.2, 0.25) is 0 Å². The fourth-order valence-corrected chi connectivity index (χ4v) is 3.38. The number of likely N-dealkylation sites (tertiary alicyclic amines) is 1. The van der Waals surface area contributed by atoms with E-state index in [1.54, 1.807) is 0 Å². The van der Waals surface area contributed by atoms with E-state index in [1.807, 2.05) is 17.0 Å². The number of ether oxygens (including phenoxy) is 1. The first kappa shape index (κ1) is 15.5. The molecule has 0 N–H and O–H groups in total. The largest absolute Gasteiger partial charge is 0.379 e. The maximum Gasteiger partial charge on any atom is 0.253 e. The van der Waals surface area contributed by atoms with Gasteiger partial charge in [0.05, 0.1) is 13.2 Å². The Kier molecular flexibility index (Phi) is 5.11. The molecular weight excluding hydrogens is 276 g/mol. The predicted octanol–water partition coefficient (Wildman–Crippen LogP) is 2.39. The smallest absolute Gasteiger partial charge is 0.253 e. The van der Waals surface area contributed by atoms with Crippen LogP contribution in [0.5, 0.6) is 0 Å². The average Bonchev–Trinajstić information content (AvgIpc) is 2.55. The highest BCUT2D eigenvalue weighted by molar-refractivity contribution is 5.94. The van der Waals surface area contributed by atoms with Crippen LogP contribution in [0, 0.1) is 5.92 Å². The molecule has 120 valence electrons. The van der Waals surface area contributed by atoms with Gasteiger partial charge in [-0.1, -0.05) is 19.1 Å². The highest BCUT2D eigenvalue weighted by atomic mass is 16.5. The summed E-state index contributed by atoms with van der Waals surface area (Å²) in [6, 6.07) is 8.14. The molecule has 0 spiro atoms. The SMILES string of the molecule is C[C@@H]1CCCN(C(=O)c2cccc(CN3CCOCC3)c2)C1. The summed E-state index contributed by atoms with van der Waals surface area (Å²) < 4.78 is 5.39. The quantitative estimate of drug-likeness (QED) is 0.859. The molecule has 1 aromatic carbocycles. The summed E-state index contributed by atoms with van der Waals surface area (Å²) >= 11 is 0. The molecule has 1 amide bonds. The van der Waals surface area contributed by atoms with Crippen LogP contribution in [0.3, 0.4) is 0 Å². The summed E-state index contributed by atoms with van der Waals surface area (Å²) in [5.41, 5.74) is 2.05. The Labute approximate surface area is 133 Å². The van der Waals surface area contributed by atoms with Gasteiger partial charge in [-0.2, -0.15) is 0 Å². The van der Waals surface area contributed by atoms with E-state index in [-0.39, 0.29) is 5.91 Å². The molecule has 1 aromatic rings. The number of carbonyl (C=O) groups excluding carboxylic acids is 1. The van der Waals surface area contributed by atoms with Crippen molar-refractivity contribution in [3.63, 3.8) is 0 Å². The minimum atomic E-state index is 0.190. The van der Waals surface area contributed by atoms with Gasteiger partial charge in [-0.15, -0.1) is 0 Å². The van der Waals surface area contributed by atoms with E-state index in [4.69, 9.17) is 4.74 Å². The number of amides is 1. The molecule has 1 atom stereocenters. The Bertz CT molecular complexity index is 512. The molecule has 0 aliphatic carbocycles. The summed E-state index contributed by atoms with van der Waals surface area (Å²) in [6.45, 7) is 8.50. The third kappa shape index (κ3) is 3.87. The fourth-order valence-electron chi connectivity index (χ4n) is 3.38. The molecule has 4 nitrogen and oxygen atoms in total. The van der Waals surface area contributed by atoms with Crippen LogP contribution < -0.4 is 0 Å². The molecule has 0 saturated carbocycles. The monoisotopic (exact) mass is 302 g/mol. The summed E-state index contributed by atoms with van der Waals surface area (Å²) in [4.78, 5) is 17.1. The predicted molar refractivity (Wildman–Crippen MR) is 86.8 cm³/mol. The Morgan fingerprint density at radius 2 is 2.09 bits per heavy atom. The molecular formula is C18H26N2O2. The van der Waals surface area contributed by atoms with Crippen molar-refractivity contribution in [2.45, 2.75) is 26.3 Å². The molecule has 2 aliphatic rings. The Morgan fingerprint density at radius 1 is 1.27 bits per heavy atom. The van der Waals surface area contributed by atoms with Crippen molar-refractivity contribution in [3.8, 4) is 0 Å². The molecule has 0 aromatic heterocycles. The number of hydrogen-bond acceptors (Lipinski definition) is 3. The zero-order valence-corrected chi connectivity index (χ0v) is 13.5. The van der Waals surface area contributed by atoms with Gasteiger partial charge in [0.2, 0.25) is 0 Å². The van der Waals surface area contributed by atoms with Gasteiger partial charge in [-0.05, 0) is 36.5 Å². The normalized spacial score (nSPS) is 23.5. The molecule has 0 radical (unpaired) electrons. The van der Waals surface area contributed by atoms with Gasteiger partial charge in [0.1, 0.15) is 0 Å². The van der Waals surface area contributed by atoms with E-state index in [0.29, 0.717) is 5.92 Å². The summed E-state index contributed by atoms with van der Waals surface area (Å²) in [6.07, 6.45) is 2.36. The first-order valence-corrected chi connectivity index (χ1v) is 8.40. The van der Waals surface area contributed by atoms with Crippen LogP contribution in [-0.2, 0) is 11.3 Å². The topological polar surface area (TPSA) is 32.8 Å². The van der Waals surface area contributed by atoms with Crippen molar-refractivity contribution in [2.75, 3.05) is 39.4 Å². The van der Waals surface area contributed by atoms with Crippen molar-refractivity contribution < 1.29 is 9.53 Å². The van der Waals surface area contributed by atoms with E-state index in [1.165, 1.54) is 12.0 Å². The lowest BCUT2D eigenvalue weighted by molar-refractivity contribution is 0.0341. The number of carbonyl (C=O) groups is 1. The minimum Gasteiger partial charge on any atom is -0.379 e. The van der Waals surface area contributed by atoms with E-state index in [2.05, 4.69) is 24.0 Å². The number of hydrogen-bond donors (Lipinski definition) is 0. The maximum atomic E-state index is 12.7. The number of piperidine rings is 1. The lowest BCUT2D eigenvalue weighted by Crippen LogP contribution is -2.39. The van der Waals surface area contributed by atoms with Gasteiger partial charge in [0.15, 0.2) is 0 Å². The van der Waals surface area contributed by atoms with Crippen molar-refractivity contribution >= 4 is 5.91 Å². The molecule has 0 unspecified atom stereocenters. The molecule has 4 heteroatoms. The number of benzene rings is 1. The average molecular weight is 302 g/mol. The van der Waals surface area contributed by atoms with Crippen LogP contribution in [-0.4, -0.2) is 55.1 Å². The molecule has 2 heterocycles. The maximum absolute atomic E-state index is 12.7. The van der Waals surface area contributed by atoms with Crippen molar-refractivity contribution in [1.29, 1.82) is 0 Å². The van der Waals surface area contributed by atoms with Gasteiger partial charge >= 0.3 is 0 Å². The Balaban J connectivity index is 1.66. The van der Waals surface area contributed by atoms with Crippen LogP contribution >= 0.6 is 0 Å². The zero-order chi connectivity index (χ0) is 15.4. The van der Waals surface area contributed by atoms with Crippen LogP contribution in [0.15, 0.2) is 24.3 Å². The van der Waals surface area contributed by atoms with E-state index < -0.39 is 0 Å². The van der Waals surface area contributed by atoms with Crippen LogP contribution in [0.4, 0.5) is 0 Å².